The number of carbonyl (C=O) groups excluding carboxylic acids is 2. The SMILES string of the molecule is COC(=O)CCC(=O)N1CCS(=O)CC1. The summed E-state index contributed by atoms with van der Waals surface area (Å²) in [5, 5.41) is 0. The monoisotopic (exact) mass is 233 g/mol. The first-order valence-electron chi connectivity index (χ1n) is 4.83. The van der Waals surface area contributed by atoms with E-state index in [9.17, 15) is 13.8 Å². The van der Waals surface area contributed by atoms with Crippen molar-refractivity contribution in [2.45, 2.75) is 12.8 Å². The lowest BCUT2D eigenvalue weighted by atomic mass is 10.2. The minimum absolute atomic E-state index is 0.0582. The van der Waals surface area contributed by atoms with Gasteiger partial charge in [0, 0.05) is 41.8 Å². The molecule has 86 valence electrons. The minimum atomic E-state index is -0.777. The molecule has 1 fully saturated rings. The van der Waals surface area contributed by atoms with Gasteiger partial charge in [0.25, 0.3) is 0 Å². The zero-order valence-corrected chi connectivity index (χ0v) is 9.55. The third-order valence-corrected chi connectivity index (χ3v) is 3.58. The normalized spacial score (nSPS) is 17.5. The van der Waals surface area contributed by atoms with E-state index in [-0.39, 0.29) is 24.7 Å². The van der Waals surface area contributed by atoms with Gasteiger partial charge in [0.1, 0.15) is 0 Å². The molecule has 0 N–H and O–H groups in total. The molecule has 0 radical (unpaired) electrons. The third-order valence-electron chi connectivity index (χ3n) is 2.30. The molecule has 0 aromatic rings. The molecule has 0 atom stereocenters. The molecule has 0 aromatic carbocycles. The maximum atomic E-state index is 11.5. The molecular formula is C9H15NO4S. The van der Waals surface area contributed by atoms with E-state index in [0.717, 1.165) is 0 Å². The molecule has 15 heavy (non-hydrogen) atoms. The summed E-state index contributed by atoms with van der Waals surface area (Å²) >= 11 is 0. The van der Waals surface area contributed by atoms with Gasteiger partial charge in [0.15, 0.2) is 0 Å². The first-order valence-corrected chi connectivity index (χ1v) is 6.32. The van der Waals surface area contributed by atoms with Crippen LogP contribution in [-0.2, 0) is 25.1 Å². The van der Waals surface area contributed by atoms with Crippen LogP contribution in [0.4, 0.5) is 0 Å². The van der Waals surface area contributed by atoms with E-state index in [2.05, 4.69) is 4.74 Å². The van der Waals surface area contributed by atoms with Crippen LogP contribution >= 0.6 is 0 Å². The summed E-state index contributed by atoms with van der Waals surface area (Å²) in [6.45, 7) is 1.07. The Morgan fingerprint density at radius 3 is 2.40 bits per heavy atom. The van der Waals surface area contributed by atoms with Crippen LogP contribution in [0.15, 0.2) is 0 Å². The molecule has 1 rings (SSSR count). The van der Waals surface area contributed by atoms with E-state index in [1.54, 1.807) is 4.90 Å². The maximum Gasteiger partial charge on any atom is 0.306 e. The van der Waals surface area contributed by atoms with Gasteiger partial charge in [-0.25, -0.2) is 0 Å². The van der Waals surface area contributed by atoms with Gasteiger partial charge < -0.3 is 9.64 Å². The van der Waals surface area contributed by atoms with Crippen LogP contribution in [0.1, 0.15) is 12.8 Å². The van der Waals surface area contributed by atoms with Crippen molar-refractivity contribution in [2.75, 3.05) is 31.7 Å². The smallest absolute Gasteiger partial charge is 0.306 e. The molecule has 1 amide bonds. The van der Waals surface area contributed by atoms with Crippen molar-refractivity contribution in [3.63, 3.8) is 0 Å². The van der Waals surface area contributed by atoms with Crippen LogP contribution in [-0.4, -0.2) is 52.7 Å². The van der Waals surface area contributed by atoms with Crippen molar-refractivity contribution in [1.29, 1.82) is 0 Å². The second kappa shape index (κ2) is 5.85. The number of hydrogen-bond donors (Lipinski definition) is 0. The molecule has 0 spiro atoms. The van der Waals surface area contributed by atoms with Gasteiger partial charge in [0.05, 0.1) is 13.5 Å². The van der Waals surface area contributed by atoms with Crippen molar-refractivity contribution in [2.24, 2.45) is 0 Å². The van der Waals surface area contributed by atoms with Crippen LogP contribution < -0.4 is 0 Å². The van der Waals surface area contributed by atoms with Gasteiger partial charge in [-0.05, 0) is 0 Å². The van der Waals surface area contributed by atoms with Crippen molar-refractivity contribution in [3.05, 3.63) is 0 Å². The van der Waals surface area contributed by atoms with E-state index in [1.807, 2.05) is 0 Å². The molecule has 1 saturated heterocycles. The van der Waals surface area contributed by atoms with E-state index in [1.165, 1.54) is 7.11 Å². The lowest BCUT2D eigenvalue weighted by Crippen LogP contribution is -2.41. The molecule has 5 nitrogen and oxygen atoms in total. The average Bonchev–Trinajstić information content (AvgIpc) is 2.26. The molecule has 0 aromatic heterocycles. The van der Waals surface area contributed by atoms with Crippen LogP contribution in [0.5, 0.6) is 0 Å². The zero-order valence-electron chi connectivity index (χ0n) is 8.73. The van der Waals surface area contributed by atoms with Crippen molar-refractivity contribution >= 4 is 22.7 Å². The topological polar surface area (TPSA) is 63.7 Å². The van der Waals surface area contributed by atoms with Crippen molar-refractivity contribution < 1.29 is 18.5 Å². The average molecular weight is 233 g/mol. The second-order valence-electron chi connectivity index (χ2n) is 3.30. The Labute approximate surface area is 91.2 Å². The quantitative estimate of drug-likeness (QED) is 0.618. The molecule has 1 heterocycles. The van der Waals surface area contributed by atoms with Crippen molar-refractivity contribution in [3.8, 4) is 0 Å². The zero-order chi connectivity index (χ0) is 11.3. The maximum absolute atomic E-state index is 11.5. The number of rotatable bonds is 3. The first kappa shape index (κ1) is 12.2. The minimum Gasteiger partial charge on any atom is -0.469 e. The molecule has 1 aliphatic heterocycles. The van der Waals surface area contributed by atoms with Gasteiger partial charge in [-0.1, -0.05) is 0 Å². The molecule has 1 aliphatic rings. The number of carbonyl (C=O) groups is 2. The summed E-state index contributed by atoms with van der Waals surface area (Å²) in [5.74, 6) is 0.662. The van der Waals surface area contributed by atoms with Crippen LogP contribution in [0.3, 0.4) is 0 Å². The lowest BCUT2D eigenvalue weighted by Gasteiger charge is -2.26. The standard InChI is InChI=1S/C9H15NO4S/c1-14-9(12)3-2-8(11)10-4-6-15(13)7-5-10/h2-7H2,1H3. The molecule has 0 unspecified atom stereocenters. The Hall–Kier alpha value is -0.910. The fourth-order valence-corrected chi connectivity index (χ4v) is 2.41. The Bertz CT molecular complexity index is 269. The van der Waals surface area contributed by atoms with Crippen LogP contribution in [0.25, 0.3) is 0 Å². The van der Waals surface area contributed by atoms with E-state index < -0.39 is 10.8 Å². The summed E-state index contributed by atoms with van der Waals surface area (Å²) in [6.07, 6.45) is 0.300. The van der Waals surface area contributed by atoms with Gasteiger partial charge in [-0.3, -0.25) is 13.8 Å². The van der Waals surface area contributed by atoms with Gasteiger partial charge >= 0.3 is 5.97 Å². The van der Waals surface area contributed by atoms with E-state index in [0.29, 0.717) is 24.6 Å². The summed E-state index contributed by atoms with van der Waals surface area (Å²) < 4.78 is 15.5. The van der Waals surface area contributed by atoms with Crippen LogP contribution in [0, 0.1) is 0 Å². The van der Waals surface area contributed by atoms with E-state index in [4.69, 9.17) is 0 Å². The fraction of sp³-hybridized carbons (Fsp3) is 0.778. The number of hydrogen-bond acceptors (Lipinski definition) is 4. The Balaban J connectivity index is 2.28. The van der Waals surface area contributed by atoms with Crippen LogP contribution in [0.2, 0.25) is 0 Å². The first-order chi connectivity index (χ1) is 7.13. The summed E-state index contributed by atoms with van der Waals surface area (Å²) in [5.41, 5.74) is 0. The molecule has 0 bridgehead atoms. The Kier molecular flexibility index (Phi) is 4.74. The number of amides is 1. The summed E-state index contributed by atoms with van der Waals surface area (Å²) in [4.78, 5) is 24.0. The van der Waals surface area contributed by atoms with E-state index >= 15 is 0 Å². The van der Waals surface area contributed by atoms with Gasteiger partial charge in [-0.15, -0.1) is 0 Å². The predicted molar refractivity (Wildman–Crippen MR) is 55.7 cm³/mol. The third kappa shape index (κ3) is 3.99. The predicted octanol–water partition coefficient (Wildman–Crippen LogP) is -0.470. The number of nitrogens with zero attached hydrogens (tertiary/aromatic N) is 1. The number of methoxy groups -OCH3 is 1. The highest BCUT2D eigenvalue weighted by atomic mass is 32.2. The highest BCUT2D eigenvalue weighted by Crippen LogP contribution is 2.04. The molecule has 6 heteroatoms. The summed E-state index contributed by atoms with van der Waals surface area (Å²) in [6, 6.07) is 0. The lowest BCUT2D eigenvalue weighted by molar-refractivity contribution is -0.143. The molecule has 0 aliphatic carbocycles. The summed E-state index contributed by atoms with van der Waals surface area (Å²) in [7, 11) is 0.525. The Morgan fingerprint density at radius 2 is 1.87 bits per heavy atom. The highest BCUT2D eigenvalue weighted by Gasteiger charge is 2.20. The number of esters is 1. The Morgan fingerprint density at radius 1 is 1.27 bits per heavy atom. The van der Waals surface area contributed by atoms with Crippen molar-refractivity contribution in [1.82, 2.24) is 4.90 Å². The van der Waals surface area contributed by atoms with Gasteiger partial charge in [-0.2, -0.15) is 0 Å². The highest BCUT2D eigenvalue weighted by molar-refractivity contribution is 7.85. The second-order valence-corrected chi connectivity index (χ2v) is 5.00. The van der Waals surface area contributed by atoms with Gasteiger partial charge in [0.2, 0.25) is 5.91 Å². The number of ether oxygens (including phenoxy) is 1. The largest absolute Gasteiger partial charge is 0.469 e. The fourth-order valence-electron chi connectivity index (χ4n) is 1.36. The molecule has 0 saturated carbocycles. The molecular weight excluding hydrogens is 218 g/mol.